The molecule has 0 spiro atoms. The van der Waals surface area contributed by atoms with Crippen molar-refractivity contribution in [2.45, 2.75) is 22.6 Å². The Bertz CT molecular complexity index is 910. The highest BCUT2D eigenvalue weighted by Crippen LogP contribution is 2.29. The molecule has 5 nitrogen and oxygen atoms in total. The first-order valence-corrected chi connectivity index (χ1v) is 9.28. The molecule has 0 saturated heterocycles. The molecule has 3 rings (SSSR count). The van der Waals surface area contributed by atoms with Crippen LogP contribution in [-0.2, 0) is 11.2 Å². The normalized spacial score (nSPS) is 10.4. The van der Waals surface area contributed by atoms with Crippen molar-refractivity contribution in [3.63, 3.8) is 0 Å². The van der Waals surface area contributed by atoms with Crippen molar-refractivity contribution in [1.29, 1.82) is 0 Å². The summed E-state index contributed by atoms with van der Waals surface area (Å²) in [6, 6.07) is 23.9. The predicted molar refractivity (Wildman–Crippen MR) is 107 cm³/mol. The summed E-state index contributed by atoms with van der Waals surface area (Å²) >= 11 is 1.51. The Morgan fingerprint density at radius 1 is 0.889 bits per heavy atom. The molecule has 0 aliphatic rings. The Kier molecular flexibility index (Phi) is 6.22. The van der Waals surface area contributed by atoms with Crippen LogP contribution in [0.2, 0.25) is 0 Å². The molecule has 3 aromatic carbocycles. The van der Waals surface area contributed by atoms with E-state index in [0.29, 0.717) is 12.8 Å². The van der Waals surface area contributed by atoms with E-state index in [1.807, 2.05) is 54.6 Å². The molecule has 0 aliphatic carbocycles. The van der Waals surface area contributed by atoms with Gasteiger partial charge in [0, 0.05) is 34.0 Å². The number of hydrogen-bond acceptors (Lipinski definition) is 4. The Morgan fingerprint density at radius 3 is 2.07 bits per heavy atom. The standard InChI is InChI=1S/C21H18N2O3S/c24-21(15-6-16-4-2-1-3-5-16)22-17-7-11-19(12-8-17)27-20-13-9-18(10-14-20)23(25)26/h1-5,7-14H,6,15H2,(H,22,24). The summed E-state index contributed by atoms with van der Waals surface area (Å²) in [6.07, 6.45) is 1.14. The van der Waals surface area contributed by atoms with Crippen LogP contribution in [0.4, 0.5) is 11.4 Å². The highest BCUT2D eigenvalue weighted by molar-refractivity contribution is 7.99. The van der Waals surface area contributed by atoms with E-state index in [2.05, 4.69) is 5.32 Å². The summed E-state index contributed by atoms with van der Waals surface area (Å²) in [5.74, 6) is -0.0189. The fourth-order valence-corrected chi connectivity index (χ4v) is 3.32. The molecule has 0 bridgehead atoms. The fourth-order valence-electron chi connectivity index (χ4n) is 2.50. The average molecular weight is 378 g/mol. The van der Waals surface area contributed by atoms with Gasteiger partial charge in [-0.1, -0.05) is 42.1 Å². The number of benzene rings is 3. The van der Waals surface area contributed by atoms with Crippen molar-refractivity contribution in [2.24, 2.45) is 0 Å². The minimum Gasteiger partial charge on any atom is -0.326 e. The number of hydrogen-bond donors (Lipinski definition) is 1. The van der Waals surface area contributed by atoms with Crippen molar-refractivity contribution in [3.05, 3.63) is 94.5 Å². The third-order valence-corrected chi connectivity index (χ3v) is 4.92. The van der Waals surface area contributed by atoms with E-state index in [1.54, 1.807) is 12.1 Å². The van der Waals surface area contributed by atoms with Crippen LogP contribution in [0.5, 0.6) is 0 Å². The SMILES string of the molecule is O=C(CCc1ccccc1)Nc1ccc(Sc2ccc([N+](=O)[O-])cc2)cc1. The Balaban J connectivity index is 1.52. The number of amides is 1. The van der Waals surface area contributed by atoms with Gasteiger partial charge >= 0.3 is 0 Å². The van der Waals surface area contributed by atoms with E-state index >= 15 is 0 Å². The molecule has 0 radical (unpaired) electrons. The van der Waals surface area contributed by atoms with E-state index in [0.717, 1.165) is 21.0 Å². The van der Waals surface area contributed by atoms with Gasteiger partial charge in [-0.05, 0) is 48.4 Å². The van der Waals surface area contributed by atoms with E-state index in [9.17, 15) is 14.9 Å². The van der Waals surface area contributed by atoms with Crippen LogP contribution in [0.25, 0.3) is 0 Å². The van der Waals surface area contributed by atoms with E-state index in [-0.39, 0.29) is 11.6 Å². The third kappa shape index (κ3) is 5.69. The second-order valence-electron chi connectivity index (χ2n) is 5.91. The lowest BCUT2D eigenvalue weighted by Crippen LogP contribution is -2.12. The second kappa shape index (κ2) is 9.00. The first-order chi connectivity index (χ1) is 13.1. The molecule has 1 N–H and O–H groups in total. The van der Waals surface area contributed by atoms with Gasteiger partial charge in [0.2, 0.25) is 5.91 Å². The maximum absolute atomic E-state index is 12.1. The van der Waals surface area contributed by atoms with Gasteiger partial charge in [-0.25, -0.2) is 0 Å². The molecule has 6 heteroatoms. The second-order valence-corrected chi connectivity index (χ2v) is 7.06. The van der Waals surface area contributed by atoms with Crippen LogP contribution in [0.1, 0.15) is 12.0 Å². The number of anilines is 1. The molecule has 0 unspecified atom stereocenters. The summed E-state index contributed by atoms with van der Waals surface area (Å²) < 4.78 is 0. The molecule has 0 heterocycles. The minimum atomic E-state index is -0.413. The van der Waals surface area contributed by atoms with Crippen LogP contribution < -0.4 is 5.32 Å². The number of nitrogens with one attached hydrogen (secondary N) is 1. The molecular weight excluding hydrogens is 360 g/mol. The molecule has 3 aromatic rings. The molecule has 0 saturated carbocycles. The zero-order valence-corrected chi connectivity index (χ0v) is 15.3. The Morgan fingerprint density at radius 2 is 1.48 bits per heavy atom. The summed E-state index contributed by atoms with van der Waals surface area (Å²) in [5, 5.41) is 13.6. The summed E-state index contributed by atoms with van der Waals surface area (Å²) in [7, 11) is 0. The molecule has 0 atom stereocenters. The number of nitro benzene ring substituents is 1. The lowest BCUT2D eigenvalue weighted by atomic mass is 10.1. The molecule has 1 amide bonds. The lowest BCUT2D eigenvalue weighted by Gasteiger charge is -2.07. The number of nitrogens with zero attached hydrogens (tertiary/aromatic N) is 1. The first-order valence-electron chi connectivity index (χ1n) is 8.46. The Hall–Kier alpha value is -3.12. The van der Waals surface area contributed by atoms with Crippen molar-refractivity contribution in [3.8, 4) is 0 Å². The summed E-state index contributed by atoms with van der Waals surface area (Å²) in [6.45, 7) is 0. The number of carbonyl (C=O) groups excluding carboxylic acids is 1. The van der Waals surface area contributed by atoms with E-state index in [4.69, 9.17) is 0 Å². The van der Waals surface area contributed by atoms with Gasteiger partial charge in [-0.3, -0.25) is 14.9 Å². The van der Waals surface area contributed by atoms with Gasteiger partial charge in [0.1, 0.15) is 0 Å². The lowest BCUT2D eigenvalue weighted by molar-refractivity contribution is -0.384. The maximum atomic E-state index is 12.1. The number of rotatable bonds is 7. The molecule has 27 heavy (non-hydrogen) atoms. The van der Waals surface area contributed by atoms with Gasteiger partial charge in [0.15, 0.2) is 0 Å². The average Bonchev–Trinajstić information content (AvgIpc) is 2.69. The Labute approximate surface area is 161 Å². The fraction of sp³-hybridized carbons (Fsp3) is 0.0952. The van der Waals surface area contributed by atoms with Crippen LogP contribution in [0.3, 0.4) is 0 Å². The number of carbonyl (C=O) groups is 1. The minimum absolute atomic E-state index is 0.0189. The van der Waals surface area contributed by atoms with E-state index in [1.165, 1.54) is 23.9 Å². The van der Waals surface area contributed by atoms with Gasteiger partial charge in [-0.2, -0.15) is 0 Å². The summed E-state index contributed by atoms with van der Waals surface area (Å²) in [4.78, 5) is 24.3. The zero-order chi connectivity index (χ0) is 19.1. The monoisotopic (exact) mass is 378 g/mol. The van der Waals surface area contributed by atoms with Crippen molar-refractivity contribution < 1.29 is 9.72 Å². The highest BCUT2D eigenvalue weighted by atomic mass is 32.2. The van der Waals surface area contributed by atoms with Crippen molar-refractivity contribution in [1.82, 2.24) is 0 Å². The topological polar surface area (TPSA) is 72.2 Å². The molecule has 0 fully saturated rings. The van der Waals surface area contributed by atoms with Gasteiger partial charge < -0.3 is 5.32 Å². The molecule has 0 aromatic heterocycles. The highest BCUT2D eigenvalue weighted by Gasteiger charge is 2.06. The van der Waals surface area contributed by atoms with Crippen LogP contribution in [-0.4, -0.2) is 10.8 Å². The molecule has 136 valence electrons. The van der Waals surface area contributed by atoms with Crippen LogP contribution in [0.15, 0.2) is 88.7 Å². The van der Waals surface area contributed by atoms with Crippen molar-refractivity contribution >= 4 is 29.0 Å². The number of aryl methyl sites for hydroxylation is 1. The third-order valence-electron chi connectivity index (χ3n) is 3.90. The maximum Gasteiger partial charge on any atom is 0.269 e. The molecule has 0 aliphatic heterocycles. The molecular formula is C21H18N2O3S. The van der Waals surface area contributed by atoms with Gasteiger partial charge in [0.25, 0.3) is 5.69 Å². The number of nitro groups is 1. The van der Waals surface area contributed by atoms with Crippen LogP contribution in [0, 0.1) is 10.1 Å². The summed E-state index contributed by atoms with van der Waals surface area (Å²) in [5.41, 5.74) is 1.97. The van der Waals surface area contributed by atoms with Crippen molar-refractivity contribution in [2.75, 3.05) is 5.32 Å². The predicted octanol–water partition coefficient (Wildman–Crippen LogP) is 5.32. The quantitative estimate of drug-likeness (QED) is 0.446. The first kappa shape index (κ1) is 18.7. The van der Waals surface area contributed by atoms with E-state index < -0.39 is 4.92 Å². The zero-order valence-electron chi connectivity index (χ0n) is 14.5. The largest absolute Gasteiger partial charge is 0.326 e. The van der Waals surface area contributed by atoms with Gasteiger partial charge in [-0.15, -0.1) is 0 Å². The van der Waals surface area contributed by atoms with Gasteiger partial charge in [0.05, 0.1) is 4.92 Å². The number of non-ortho nitro benzene ring substituents is 1. The smallest absolute Gasteiger partial charge is 0.269 e. The van der Waals surface area contributed by atoms with Crippen LogP contribution >= 0.6 is 11.8 Å².